The van der Waals surface area contributed by atoms with Crippen LogP contribution in [0.2, 0.25) is 0 Å². The van der Waals surface area contributed by atoms with Gasteiger partial charge in [0.2, 0.25) is 5.91 Å². The lowest BCUT2D eigenvalue weighted by molar-refractivity contribution is -0.114. The molecule has 2 N–H and O–H groups in total. The molecule has 7 heteroatoms. The van der Waals surface area contributed by atoms with Gasteiger partial charge in [-0.15, -0.1) is 11.3 Å². The Kier molecular flexibility index (Phi) is 5.75. The molecular formula is C21H25N3O2S2. The number of benzene rings is 1. The maximum atomic E-state index is 12.7. The fourth-order valence-corrected chi connectivity index (χ4v) is 6.09. The van der Waals surface area contributed by atoms with Gasteiger partial charge in [0, 0.05) is 34.8 Å². The molecule has 3 saturated heterocycles. The molecule has 2 amide bonds. The van der Waals surface area contributed by atoms with Gasteiger partial charge in [0.25, 0.3) is 5.91 Å². The summed E-state index contributed by atoms with van der Waals surface area (Å²) in [5, 5.41) is 8.00. The Morgan fingerprint density at radius 3 is 2.54 bits per heavy atom. The first-order valence-electron chi connectivity index (χ1n) is 9.68. The number of rotatable bonds is 5. The number of carbonyl (C=O) groups is 2. The Labute approximate surface area is 173 Å². The van der Waals surface area contributed by atoms with Crippen LogP contribution < -0.4 is 10.6 Å². The summed E-state index contributed by atoms with van der Waals surface area (Å²) >= 11 is 3.22. The Hall–Kier alpha value is -1.83. The second-order valence-electron chi connectivity index (χ2n) is 7.58. The van der Waals surface area contributed by atoms with E-state index in [0.717, 1.165) is 27.9 Å². The molecule has 2 atom stereocenters. The number of amides is 2. The molecule has 0 unspecified atom stereocenters. The second-order valence-corrected chi connectivity index (χ2v) is 9.86. The topological polar surface area (TPSA) is 61.4 Å². The summed E-state index contributed by atoms with van der Waals surface area (Å²) in [5.41, 5.74) is 1.53. The lowest BCUT2D eigenvalue weighted by atomic mass is 9.79. The standard InChI is InChI=1S/C21H25N3O2S2/c1-13-20(15-7-9-24(13)10-8-15)23-21(26)16-3-5-18(6-4-16)28-19-11-17(12-27-19)22-14(2)25/h3-6,11-13,15,20H,7-10H2,1-2H3,(H,22,25)(H,23,26)/t13-,20+/m1/s1. The van der Waals surface area contributed by atoms with Crippen LogP contribution in [0.3, 0.4) is 0 Å². The van der Waals surface area contributed by atoms with Crippen molar-refractivity contribution in [1.82, 2.24) is 10.2 Å². The van der Waals surface area contributed by atoms with E-state index in [4.69, 9.17) is 0 Å². The quantitative estimate of drug-likeness (QED) is 0.773. The van der Waals surface area contributed by atoms with E-state index in [1.807, 2.05) is 35.7 Å². The van der Waals surface area contributed by atoms with Gasteiger partial charge in [0.1, 0.15) is 0 Å². The number of hydrogen-bond donors (Lipinski definition) is 2. The zero-order valence-electron chi connectivity index (χ0n) is 16.1. The number of anilines is 1. The normalized spacial score (nSPS) is 26.1. The van der Waals surface area contributed by atoms with Crippen molar-refractivity contribution >= 4 is 40.6 Å². The van der Waals surface area contributed by atoms with Crippen LogP contribution in [0.15, 0.2) is 44.8 Å². The Bertz CT molecular complexity index is 855. The van der Waals surface area contributed by atoms with E-state index in [0.29, 0.717) is 17.5 Å². The van der Waals surface area contributed by atoms with Crippen LogP contribution >= 0.6 is 23.1 Å². The van der Waals surface area contributed by atoms with Crippen molar-refractivity contribution in [1.29, 1.82) is 0 Å². The molecule has 0 spiro atoms. The second kappa shape index (κ2) is 8.27. The van der Waals surface area contributed by atoms with Crippen molar-refractivity contribution in [2.45, 2.75) is 47.9 Å². The molecule has 1 aromatic heterocycles. The number of nitrogens with one attached hydrogen (secondary N) is 2. The van der Waals surface area contributed by atoms with Gasteiger partial charge in [-0.3, -0.25) is 14.5 Å². The van der Waals surface area contributed by atoms with Gasteiger partial charge in [-0.05, 0) is 69.1 Å². The van der Waals surface area contributed by atoms with Crippen molar-refractivity contribution in [2.24, 2.45) is 5.92 Å². The highest BCUT2D eigenvalue weighted by Gasteiger charge is 2.40. The van der Waals surface area contributed by atoms with Crippen molar-refractivity contribution in [3.05, 3.63) is 41.3 Å². The molecule has 0 radical (unpaired) electrons. The summed E-state index contributed by atoms with van der Waals surface area (Å²) in [4.78, 5) is 27.4. The molecule has 0 aliphatic carbocycles. The first-order chi connectivity index (χ1) is 13.5. The van der Waals surface area contributed by atoms with Crippen LogP contribution in [0.1, 0.15) is 37.0 Å². The first-order valence-corrected chi connectivity index (χ1v) is 11.4. The highest BCUT2D eigenvalue weighted by Crippen LogP contribution is 2.35. The minimum Gasteiger partial charge on any atom is -0.347 e. The minimum atomic E-state index is -0.0676. The van der Waals surface area contributed by atoms with Crippen LogP contribution in [0.5, 0.6) is 0 Å². The first kappa shape index (κ1) is 19.5. The molecule has 4 heterocycles. The number of thiophene rings is 1. The average Bonchev–Trinajstić information content (AvgIpc) is 3.11. The molecule has 1 aromatic carbocycles. The monoisotopic (exact) mass is 415 g/mol. The highest BCUT2D eigenvalue weighted by molar-refractivity contribution is 8.01. The molecule has 5 nitrogen and oxygen atoms in total. The molecular weight excluding hydrogens is 390 g/mol. The van der Waals surface area contributed by atoms with Crippen LogP contribution in [0, 0.1) is 5.92 Å². The summed E-state index contributed by atoms with van der Waals surface area (Å²) < 4.78 is 1.10. The third-order valence-electron chi connectivity index (χ3n) is 5.71. The zero-order valence-corrected chi connectivity index (χ0v) is 17.7. The van der Waals surface area contributed by atoms with E-state index in [2.05, 4.69) is 22.5 Å². The van der Waals surface area contributed by atoms with Gasteiger partial charge in [-0.25, -0.2) is 0 Å². The van der Waals surface area contributed by atoms with Gasteiger partial charge < -0.3 is 10.6 Å². The number of fused-ring (bicyclic) bond motifs is 3. The zero-order chi connectivity index (χ0) is 19.7. The van der Waals surface area contributed by atoms with E-state index >= 15 is 0 Å². The maximum absolute atomic E-state index is 12.7. The number of hydrogen-bond acceptors (Lipinski definition) is 5. The van der Waals surface area contributed by atoms with Gasteiger partial charge in [0.05, 0.1) is 9.90 Å². The summed E-state index contributed by atoms with van der Waals surface area (Å²) in [5.74, 6) is 0.559. The number of nitrogens with zero attached hydrogens (tertiary/aromatic N) is 1. The molecule has 2 bridgehead atoms. The summed E-state index contributed by atoms with van der Waals surface area (Å²) in [7, 11) is 0. The lowest BCUT2D eigenvalue weighted by Crippen LogP contribution is -2.62. The largest absolute Gasteiger partial charge is 0.347 e. The molecule has 0 saturated carbocycles. The number of piperidine rings is 3. The van der Waals surface area contributed by atoms with Crippen LogP contribution in [-0.2, 0) is 4.79 Å². The molecule has 148 valence electrons. The van der Waals surface area contributed by atoms with Crippen molar-refractivity contribution in [3.63, 3.8) is 0 Å². The third-order valence-corrected chi connectivity index (χ3v) is 7.79. The molecule has 2 aromatic rings. The predicted octanol–water partition coefficient (Wildman–Crippen LogP) is 4.07. The minimum absolute atomic E-state index is 0.0196. The smallest absolute Gasteiger partial charge is 0.251 e. The Balaban J connectivity index is 1.37. The van der Waals surface area contributed by atoms with Crippen LogP contribution in [-0.4, -0.2) is 41.9 Å². The Morgan fingerprint density at radius 2 is 1.89 bits per heavy atom. The van der Waals surface area contributed by atoms with E-state index < -0.39 is 0 Å². The molecule has 28 heavy (non-hydrogen) atoms. The van der Waals surface area contributed by atoms with Crippen LogP contribution in [0.4, 0.5) is 5.69 Å². The van der Waals surface area contributed by atoms with E-state index in [1.54, 1.807) is 23.1 Å². The molecule has 3 aliphatic rings. The maximum Gasteiger partial charge on any atom is 0.251 e. The number of carbonyl (C=O) groups excluding carboxylic acids is 2. The van der Waals surface area contributed by atoms with E-state index in [1.165, 1.54) is 19.8 Å². The summed E-state index contributed by atoms with van der Waals surface area (Å²) in [6.07, 6.45) is 2.37. The van der Waals surface area contributed by atoms with Crippen LogP contribution in [0.25, 0.3) is 0 Å². The van der Waals surface area contributed by atoms with Crippen molar-refractivity contribution < 1.29 is 9.59 Å². The summed E-state index contributed by atoms with van der Waals surface area (Å²) in [6.45, 7) is 6.06. The van der Waals surface area contributed by atoms with Gasteiger partial charge in [-0.2, -0.15) is 0 Å². The molecule has 3 aliphatic heterocycles. The van der Waals surface area contributed by atoms with Gasteiger partial charge in [-0.1, -0.05) is 11.8 Å². The van der Waals surface area contributed by atoms with E-state index in [-0.39, 0.29) is 17.9 Å². The van der Waals surface area contributed by atoms with Gasteiger partial charge in [0.15, 0.2) is 0 Å². The average molecular weight is 416 g/mol. The Morgan fingerprint density at radius 1 is 1.18 bits per heavy atom. The molecule has 5 rings (SSSR count). The predicted molar refractivity (Wildman–Crippen MR) is 114 cm³/mol. The lowest BCUT2D eigenvalue weighted by Gasteiger charge is -2.49. The molecule has 3 fully saturated rings. The van der Waals surface area contributed by atoms with Gasteiger partial charge >= 0.3 is 0 Å². The van der Waals surface area contributed by atoms with Crippen molar-refractivity contribution in [3.8, 4) is 0 Å². The summed E-state index contributed by atoms with van der Waals surface area (Å²) in [6, 6.07) is 10.4. The fraction of sp³-hybridized carbons (Fsp3) is 0.429. The highest BCUT2D eigenvalue weighted by atomic mass is 32.2. The van der Waals surface area contributed by atoms with E-state index in [9.17, 15) is 9.59 Å². The SMILES string of the molecule is CC(=O)Nc1csc(Sc2ccc(C(=O)N[C@@H]3C4CCN(CC4)[C@@H]3C)cc2)c1. The third kappa shape index (κ3) is 4.26. The fourth-order valence-electron chi connectivity index (χ4n) is 4.21. The van der Waals surface area contributed by atoms with Crippen molar-refractivity contribution in [2.75, 3.05) is 18.4 Å².